The standard InChI is InChI=1S/C19H20FN3O3S/c1-11-14-9-15(17(25)21-10-16(24)26-19(2,3)4)27-18(14)23(22-11)13-7-5-12(20)6-8-13/h5-9H,10H2,1-4H3,(H,21,25). The highest BCUT2D eigenvalue weighted by atomic mass is 32.1. The first kappa shape index (κ1) is 19.0. The molecule has 8 heteroatoms. The molecule has 0 aliphatic rings. The number of esters is 1. The highest BCUT2D eigenvalue weighted by Crippen LogP contribution is 2.30. The maximum Gasteiger partial charge on any atom is 0.325 e. The molecule has 0 atom stereocenters. The predicted molar refractivity (Wildman–Crippen MR) is 102 cm³/mol. The minimum absolute atomic E-state index is 0.201. The Balaban J connectivity index is 1.80. The van der Waals surface area contributed by atoms with Crippen LogP contribution in [0, 0.1) is 12.7 Å². The number of halogens is 1. The summed E-state index contributed by atoms with van der Waals surface area (Å²) in [6, 6.07) is 7.72. The van der Waals surface area contributed by atoms with E-state index < -0.39 is 11.6 Å². The summed E-state index contributed by atoms with van der Waals surface area (Å²) < 4.78 is 20.0. The highest BCUT2D eigenvalue weighted by Gasteiger charge is 2.20. The van der Waals surface area contributed by atoms with E-state index in [9.17, 15) is 14.0 Å². The largest absolute Gasteiger partial charge is 0.459 e. The van der Waals surface area contributed by atoms with Gasteiger partial charge in [-0.15, -0.1) is 11.3 Å². The van der Waals surface area contributed by atoms with Crippen molar-refractivity contribution in [3.8, 4) is 5.69 Å². The molecule has 27 heavy (non-hydrogen) atoms. The fourth-order valence-corrected chi connectivity index (χ4v) is 3.63. The molecule has 0 unspecified atom stereocenters. The van der Waals surface area contributed by atoms with E-state index in [2.05, 4.69) is 10.4 Å². The first-order chi connectivity index (χ1) is 12.6. The predicted octanol–water partition coefficient (Wildman–Crippen LogP) is 3.61. The van der Waals surface area contributed by atoms with Crippen LogP contribution in [0.4, 0.5) is 4.39 Å². The highest BCUT2D eigenvalue weighted by molar-refractivity contribution is 7.20. The summed E-state index contributed by atoms with van der Waals surface area (Å²) in [4.78, 5) is 25.4. The van der Waals surface area contributed by atoms with Gasteiger partial charge in [0.05, 0.1) is 16.3 Å². The number of aryl methyl sites for hydroxylation is 1. The molecule has 2 heterocycles. The second-order valence-corrected chi connectivity index (χ2v) is 8.10. The van der Waals surface area contributed by atoms with Crippen LogP contribution in [-0.2, 0) is 9.53 Å². The minimum atomic E-state index is -0.602. The third-order valence-electron chi connectivity index (χ3n) is 3.65. The molecular formula is C19H20FN3O3S. The number of thiophene rings is 1. The lowest BCUT2D eigenvalue weighted by Crippen LogP contribution is -2.34. The molecule has 2 aromatic heterocycles. The van der Waals surface area contributed by atoms with Crippen LogP contribution in [-0.4, -0.2) is 33.8 Å². The van der Waals surface area contributed by atoms with Crippen LogP contribution < -0.4 is 5.32 Å². The van der Waals surface area contributed by atoms with Crippen molar-refractivity contribution in [2.75, 3.05) is 6.54 Å². The molecule has 0 saturated carbocycles. The molecule has 1 N–H and O–H groups in total. The van der Waals surface area contributed by atoms with Crippen molar-refractivity contribution in [3.05, 3.63) is 46.7 Å². The number of amides is 1. The number of fused-ring (bicyclic) bond motifs is 1. The number of rotatable bonds is 4. The van der Waals surface area contributed by atoms with Crippen LogP contribution in [0.1, 0.15) is 36.1 Å². The molecule has 0 spiro atoms. The number of nitrogens with zero attached hydrogens (tertiary/aromatic N) is 2. The molecule has 0 saturated heterocycles. The minimum Gasteiger partial charge on any atom is -0.459 e. The van der Waals surface area contributed by atoms with Gasteiger partial charge in [0.1, 0.15) is 22.8 Å². The molecule has 0 aliphatic carbocycles. The lowest BCUT2D eigenvalue weighted by atomic mass is 10.2. The maximum atomic E-state index is 13.2. The number of hydrogen-bond acceptors (Lipinski definition) is 5. The first-order valence-corrected chi connectivity index (χ1v) is 9.21. The van der Waals surface area contributed by atoms with Crippen LogP contribution in [0.5, 0.6) is 0 Å². The Kier molecular flexibility index (Phi) is 5.01. The molecule has 0 aliphatic heterocycles. The van der Waals surface area contributed by atoms with E-state index in [1.54, 1.807) is 43.7 Å². The van der Waals surface area contributed by atoms with E-state index >= 15 is 0 Å². The van der Waals surface area contributed by atoms with Crippen molar-refractivity contribution < 1.29 is 18.7 Å². The summed E-state index contributed by atoms with van der Waals surface area (Å²) in [6.45, 7) is 6.94. The number of hydrogen-bond donors (Lipinski definition) is 1. The van der Waals surface area contributed by atoms with Crippen LogP contribution in [0.25, 0.3) is 15.9 Å². The van der Waals surface area contributed by atoms with Crippen LogP contribution >= 0.6 is 11.3 Å². The lowest BCUT2D eigenvalue weighted by Gasteiger charge is -2.19. The van der Waals surface area contributed by atoms with Gasteiger partial charge in [0.2, 0.25) is 0 Å². The van der Waals surface area contributed by atoms with E-state index in [1.807, 2.05) is 6.92 Å². The van der Waals surface area contributed by atoms with E-state index in [4.69, 9.17) is 4.74 Å². The zero-order chi connectivity index (χ0) is 19.8. The number of benzene rings is 1. The van der Waals surface area contributed by atoms with Crippen molar-refractivity contribution in [1.82, 2.24) is 15.1 Å². The van der Waals surface area contributed by atoms with E-state index in [-0.39, 0.29) is 18.3 Å². The van der Waals surface area contributed by atoms with Crippen molar-refractivity contribution in [2.45, 2.75) is 33.3 Å². The molecule has 1 aromatic carbocycles. The molecule has 3 aromatic rings. The number of nitrogens with one attached hydrogen (secondary N) is 1. The topological polar surface area (TPSA) is 73.2 Å². The average Bonchev–Trinajstić information content (AvgIpc) is 3.13. The smallest absolute Gasteiger partial charge is 0.325 e. The van der Waals surface area contributed by atoms with Crippen LogP contribution in [0.3, 0.4) is 0 Å². The van der Waals surface area contributed by atoms with Gasteiger partial charge in [0, 0.05) is 5.39 Å². The molecule has 142 valence electrons. The SMILES string of the molecule is Cc1nn(-c2ccc(F)cc2)c2sc(C(=O)NCC(=O)OC(C)(C)C)cc12. The normalized spacial score (nSPS) is 11.6. The van der Waals surface area contributed by atoms with Gasteiger partial charge < -0.3 is 10.1 Å². The van der Waals surface area contributed by atoms with Crippen molar-refractivity contribution in [2.24, 2.45) is 0 Å². The zero-order valence-electron chi connectivity index (χ0n) is 15.5. The maximum absolute atomic E-state index is 13.2. The first-order valence-electron chi connectivity index (χ1n) is 8.39. The molecule has 6 nitrogen and oxygen atoms in total. The Morgan fingerprint density at radius 3 is 2.56 bits per heavy atom. The Hall–Kier alpha value is -2.74. The van der Waals surface area contributed by atoms with Crippen molar-refractivity contribution in [3.63, 3.8) is 0 Å². The number of carbonyl (C=O) groups excluding carboxylic acids is 2. The van der Waals surface area contributed by atoms with Gasteiger partial charge in [-0.2, -0.15) is 5.10 Å². The fraction of sp³-hybridized carbons (Fsp3) is 0.316. The molecule has 0 bridgehead atoms. The zero-order valence-corrected chi connectivity index (χ0v) is 16.3. The number of carbonyl (C=O) groups is 2. The van der Waals surface area contributed by atoms with Gasteiger partial charge in [-0.3, -0.25) is 9.59 Å². The van der Waals surface area contributed by atoms with Gasteiger partial charge in [0.25, 0.3) is 5.91 Å². The molecule has 0 fully saturated rings. The van der Waals surface area contributed by atoms with E-state index in [1.165, 1.54) is 23.5 Å². The second kappa shape index (κ2) is 7.11. The second-order valence-electron chi connectivity index (χ2n) is 7.07. The molecular weight excluding hydrogens is 369 g/mol. The molecule has 0 radical (unpaired) electrons. The summed E-state index contributed by atoms with van der Waals surface area (Å²) in [5.74, 6) is -1.18. The van der Waals surface area contributed by atoms with Crippen molar-refractivity contribution >= 4 is 33.4 Å². The van der Waals surface area contributed by atoms with Gasteiger partial charge in [0.15, 0.2) is 0 Å². The summed E-state index contributed by atoms with van der Waals surface area (Å²) in [6.07, 6.45) is 0. The van der Waals surface area contributed by atoms with E-state index in [0.29, 0.717) is 10.6 Å². The Morgan fingerprint density at radius 2 is 1.93 bits per heavy atom. The third kappa shape index (κ3) is 4.33. The average molecular weight is 389 g/mol. The van der Waals surface area contributed by atoms with Gasteiger partial charge in [-0.05, 0) is 58.0 Å². The van der Waals surface area contributed by atoms with Gasteiger partial charge in [-0.25, -0.2) is 9.07 Å². The summed E-state index contributed by atoms with van der Waals surface area (Å²) in [5, 5.41) is 7.88. The Bertz CT molecular complexity index is 1000. The quantitative estimate of drug-likeness (QED) is 0.692. The molecule has 1 amide bonds. The monoisotopic (exact) mass is 389 g/mol. The van der Waals surface area contributed by atoms with Crippen LogP contribution in [0.15, 0.2) is 30.3 Å². The summed E-state index contributed by atoms with van der Waals surface area (Å²) in [5.41, 5.74) is 0.864. The summed E-state index contributed by atoms with van der Waals surface area (Å²) in [7, 11) is 0. The summed E-state index contributed by atoms with van der Waals surface area (Å²) >= 11 is 1.26. The number of aromatic nitrogens is 2. The number of ether oxygens (including phenoxy) is 1. The van der Waals surface area contributed by atoms with E-state index in [0.717, 1.165) is 15.9 Å². The van der Waals surface area contributed by atoms with Crippen LogP contribution in [0.2, 0.25) is 0 Å². The van der Waals surface area contributed by atoms with Crippen molar-refractivity contribution in [1.29, 1.82) is 0 Å². The molecule has 3 rings (SSSR count). The lowest BCUT2D eigenvalue weighted by molar-refractivity contribution is -0.153. The van der Waals surface area contributed by atoms with Gasteiger partial charge >= 0.3 is 5.97 Å². The Labute approximate surface area is 159 Å². The Morgan fingerprint density at radius 1 is 1.26 bits per heavy atom. The third-order valence-corrected chi connectivity index (χ3v) is 4.76. The fourth-order valence-electron chi connectivity index (χ4n) is 2.53. The van der Waals surface area contributed by atoms with Gasteiger partial charge in [-0.1, -0.05) is 0 Å².